The molecule has 0 aliphatic heterocycles. The molecule has 0 saturated heterocycles. The van der Waals surface area contributed by atoms with E-state index >= 15 is 0 Å². The van der Waals surface area contributed by atoms with Crippen LogP contribution in [-0.2, 0) is 0 Å². The summed E-state index contributed by atoms with van der Waals surface area (Å²) in [6, 6.07) is 17.3. The summed E-state index contributed by atoms with van der Waals surface area (Å²) in [7, 11) is 0. The SMILES string of the molecule is Fc1ccccc1C=NNC(=Nc1ccccn1)c1ccccn1. The van der Waals surface area contributed by atoms with E-state index in [0.717, 1.165) is 0 Å². The highest BCUT2D eigenvalue weighted by molar-refractivity contribution is 5.98. The molecule has 3 aromatic rings. The van der Waals surface area contributed by atoms with Crippen LogP contribution in [0.1, 0.15) is 11.3 Å². The lowest BCUT2D eigenvalue weighted by molar-refractivity contribution is 0.626. The summed E-state index contributed by atoms with van der Waals surface area (Å²) < 4.78 is 13.6. The van der Waals surface area contributed by atoms with Gasteiger partial charge in [-0.2, -0.15) is 5.10 Å². The van der Waals surface area contributed by atoms with Gasteiger partial charge in [0, 0.05) is 18.0 Å². The molecule has 5 nitrogen and oxygen atoms in total. The molecular weight excluding hydrogens is 305 g/mol. The molecule has 0 radical (unpaired) electrons. The van der Waals surface area contributed by atoms with E-state index in [-0.39, 0.29) is 5.82 Å². The van der Waals surface area contributed by atoms with E-state index in [1.807, 2.05) is 24.3 Å². The molecule has 1 aromatic carbocycles. The average molecular weight is 319 g/mol. The van der Waals surface area contributed by atoms with Crippen LogP contribution in [0.5, 0.6) is 0 Å². The lowest BCUT2D eigenvalue weighted by atomic mass is 10.2. The average Bonchev–Trinajstić information content (AvgIpc) is 2.64. The number of hydrogen-bond donors (Lipinski definition) is 1. The normalized spacial score (nSPS) is 11.6. The first-order valence-electron chi connectivity index (χ1n) is 7.27. The number of pyridine rings is 2. The highest BCUT2D eigenvalue weighted by atomic mass is 19.1. The maximum atomic E-state index is 13.6. The van der Waals surface area contributed by atoms with Crippen LogP contribution >= 0.6 is 0 Å². The predicted molar refractivity (Wildman–Crippen MR) is 91.8 cm³/mol. The van der Waals surface area contributed by atoms with Gasteiger partial charge < -0.3 is 0 Å². The van der Waals surface area contributed by atoms with Crippen LogP contribution in [-0.4, -0.2) is 22.0 Å². The largest absolute Gasteiger partial charge is 0.259 e. The first-order valence-corrected chi connectivity index (χ1v) is 7.27. The van der Waals surface area contributed by atoms with Crippen LogP contribution in [0.2, 0.25) is 0 Å². The Labute approximate surface area is 138 Å². The number of aliphatic imine (C=N–C) groups is 1. The van der Waals surface area contributed by atoms with E-state index in [1.54, 1.807) is 42.7 Å². The number of hydrogen-bond acceptors (Lipinski definition) is 4. The Hall–Kier alpha value is -3.41. The smallest absolute Gasteiger partial charge is 0.174 e. The number of halogens is 1. The van der Waals surface area contributed by atoms with Gasteiger partial charge in [-0.15, -0.1) is 0 Å². The number of nitrogens with one attached hydrogen (secondary N) is 1. The molecule has 0 amide bonds. The summed E-state index contributed by atoms with van der Waals surface area (Å²) in [4.78, 5) is 12.8. The summed E-state index contributed by atoms with van der Waals surface area (Å²) in [6.45, 7) is 0. The molecule has 3 rings (SSSR count). The first-order chi connectivity index (χ1) is 11.8. The second-order valence-corrected chi connectivity index (χ2v) is 4.75. The molecular formula is C18H14FN5. The number of amidine groups is 1. The van der Waals surface area contributed by atoms with Crippen molar-refractivity contribution < 1.29 is 4.39 Å². The van der Waals surface area contributed by atoms with Crippen molar-refractivity contribution in [1.82, 2.24) is 15.4 Å². The Morgan fingerprint density at radius 3 is 2.38 bits per heavy atom. The van der Waals surface area contributed by atoms with Gasteiger partial charge in [0.1, 0.15) is 11.5 Å². The molecule has 0 unspecified atom stereocenters. The first kappa shape index (κ1) is 15.5. The summed E-state index contributed by atoms with van der Waals surface area (Å²) in [6.07, 6.45) is 4.70. The van der Waals surface area contributed by atoms with Gasteiger partial charge in [-0.25, -0.2) is 14.4 Å². The van der Waals surface area contributed by atoms with Crippen molar-refractivity contribution in [3.8, 4) is 0 Å². The van der Waals surface area contributed by atoms with Crippen molar-refractivity contribution in [2.24, 2.45) is 10.1 Å². The van der Waals surface area contributed by atoms with Gasteiger partial charge in [-0.3, -0.25) is 10.4 Å². The Bertz CT molecular complexity index is 848. The lowest BCUT2D eigenvalue weighted by Gasteiger charge is -2.05. The van der Waals surface area contributed by atoms with Crippen molar-refractivity contribution in [2.75, 3.05) is 0 Å². The van der Waals surface area contributed by atoms with E-state index in [4.69, 9.17) is 0 Å². The fourth-order valence-electron chi connectivity index (χ4n) is 1.92. The minimum Gasteiger partial charge on any atom is -0.259 e. The van der Waals surface area contributed by atoms with Crippen molar-refractivity contribution >= 4 is 17.9 Å². The van der Waals surface area contributed by atoms with Gasteiger partial charge >= 0.3 is 0 Å². The predicted octanol–water partition coefficient (Wildman–Crippen LogP) is 3.32. The van der Waals surface area contributed by atoms with E-state index in [1.165, 1.54) is 12.3 Å². The molecule has 0 spiro atoms. The molecule has 1 N–H and O–H groups in total. The molecule has 0 saturated carbocycles. The van der Waals surface area contributed by atoms with Crippen molar-refractivity contribution in [2.45, 2.75) is 0 Å². The zero-order valence-electron chi connectivity index (χ0n) is 12.7. The van der Waals surface area contributed by atoms with Crippen LogP contribution in [0.3, 0.4) is 0 Å². The number of benzene rings is 1. The maximum absolute atomic E-state index is 13.6. The molecule has 6 heteroatoms. The third kappa shape index (κ3) is 4.07. The Balaban J connectivity index is 1.86. The van der Waals surface area contributed by atoms with Gasteiger partial charge in [0.15, 0.2) is 11.7 Å². The van der Waals surface area contributed by atoms with Crippen LogP contribution in [0, 0.1) is 5.82 Å². The van der Waals surface area contributed by atoms with Gasteiger partial charge in [-0.1, -0.05) is 30.3 Å². The van der Waals surface area contributed by atoms with E-state index in [0.29, 0.717) is 22.9 Å². The van der Waals surface area contributed by atoms with Gasteiger partial charge in [0.2, 0.25) is 0 Å². The van der Waals surface area contributed by atoms with Gasteiger partial charge in [-0.05, 0) is 30.3 Å². The third-order valence-corrected chi connectivity index (χ3v) is 3.06. The van der Waals surface area contributed by atoms with Gasteiger partial charge in [0.25, 0.3) is 0 Å². The van der Waals surface area contributed by atoms with E-state index < -0.39 is 0 Å². The monoisotopic (exact) mass is 319 g/mol. The Morgan fingerprint density at radius 1 is 0.917 bits per heavy atom. The fourth-order valence-corrected chi connectivity index (χ4v) is 1.92. The molecule has 0 aliphatic carbocycles. The number of rotatable bonds is 4. The number of aromatic nitrogens is 2. The summed E-state index contributed by atoms with van der Waals surface area (Å²) in [5.74, 6) is 0.595. The molecule has 0 fully saturated rings. The molecule has 0 atom stereocenters. The van der Waals surface area contributed by atoms with Crippen LogP contribution in [0.25, 0.3) is 0 Å². The third-order valence-electron chi connectivity index (χ3n) is 3.06. The standard InChI is InChI=1S/C18H14FN5/c19-15-8-2-1-7-14(15)13-22-24-18(16-9-3-5-11-20-16)23-17-10-4-6-12-21-17/h1-13H,(H,21,23,24). The minimum atomic E-state index is -0.343. The molecule has 118 valence electrons. The number of nitrogens with zero attached hydrogens (tertiary/aromatic N) is 4. The topological polar surface area (TPSA) is 62.5 Å². The molecule has 2 aromatic heterocycles. The molecule has 24 heavy (non-hydrogen) atoms. The highest BCUT2D eigenvalue weighted by Gasteiger charge is 2.04. The Morgan fingerprint density at radius 2 is 1.67 bits per heavy atom. The summed E-state index contributed by atoms with van der Waals surface area (Å²) >= 11 is 0. The second-order valence-electron chi connectivity index (χ2n) is 4.75. The highest BCUT2D eigenvalue weighted by Crippen LogP contribution is 2.08. The van der Waals surface area contributed by atoms with Crippen LogP contribution in [0.4, 0.5) is 10.2 Å². The summed E-state index contributed by atoms with van der Waals surface area (Å²) in [5.41, 5.74) is 3.79. The van der Waals surface area contributed by atoms with E-state index in [2.05, 4.69) is 25.5 Å². The lowest BCUT2D eigenvalue weighted by Crippen LogP contribution is -2.20. The van der Waals surface area contributed by atoms with Crippen molar-refractivity contribution in [3.05, 3.63) is 90.1 Å². The zero-order chi connectivity index (χ0) is 16.6. The quantitative estimate of drug-likeness (QED) is 0.456. The fraction of sp³-hybridized carbons (Fsp3) is 0. The Kier molecular flexibility index (Phi) is 4.99. The van der Waals surface area contributed by atoms with Crippen molar-refractivity contribution in [3.63, 3.8) is 0 Å². The van der Waals surface area contributed by atoms with Gasteiger partial charge in [0.05, 0.1) is 6.21 Å². The molecule has 0 aliphatic rings. The second kappa shape index (κ2) is 7.73. The molecule has 0 bridgehead atoms. The van der Waals surface area contributed by atoms with Crippen LogP contribution < -0.4 is 5.43 Å². The minimum absolute atomic E-state index is 0.343. The number of hydrazone groups is 1. The van der Waals surface area contributed by atoms with Crippen molar-refractivity contribution in [1.29, 1.82) is 0 Å². The van der Waals surface area contributed by atoms with E-state index in [9.17, 15) is 4.39 Å². The van der Waals surface area contributed by atoms with Crippen LogP contribution in [0.15, 0.2) is 83.2 Å². The zero-order valence-corrected chi connectivity index (χ0v) is 12.7. The molecule has 2 heterocycles. The summed E-state index contributed by atoms with van der Waals surface area (Å²) in [5, 5.41) is 4.06. The maximum Gasteiger partial charge on any atom is 0.174 e.